The van der Waals surface area contributed by atoms with Crippen molar-refractivity contribution in [2.45, 2.75) is 39.2 Å². The Bertz CT molecular complexity index is 666. The maximum Gasteiger partial charge on any atom is 0.224 e. The average Bonchev–Trinajstić information content (AvgIpc) is 3.00. The van der Waals surface area contributed by atoms with E-state index in [4.69, 9.17) is 4.74 Å². The molecule has 1 atom stereocenters. The lowest BCUT2D eigenvalue weighted by Crippen LogP contribution is -2.12. The van der Waals surface area contributed by atoms with Crippen LogP contribution in [0, 0.1) is 6.92 Å². The van der Waals surface area contributed by atoms with Gasteiger partial charge in [0.25, 0.3) is 0 Å². The minimum Gasteiger partial charge on any atom is -0.490 e. The van der Waals surface area contributed by atoms with E-state index in [1.54, 1.807) is 11.3 Å². The van der Waals surface area contributed by atoms with Crippen LogP contribution in [-0.4, -0.2) is 17.0 Å². The molecule has 0 fully saturated rings. The molecule has 0 bridgehead atoms. The smallest absolute Gasteiger partial charge is 0.224 e. The maximum absolute atomic E-state index is 12.0. The Labute approximate surface area is 128 Å². The zero-order chi connectivity index (χ0) is 14.8. The van der Waals surface area contributed by atoms with Gasteiger partial charge in [-0.2, -0.15) is 0 Å². The molecule has 110 valence electrons. The lowest BCUT2D eigenvalue weighted by atomic mass is 10.1. The Balaban J connectivity index is 1.58. The summed E-state index contributed by atoms with van der Waals surface area (Å²) in [5.74, 6) is 0.968. The Morgan fingerprint density at radius 1 is 1.52 bits per heavy atom. The third-order valence-corrected chi connectivity index (χ3v) is 4.60. The first kappa shape index (κ1) is 14.1. The Kier molecular flexibility index (Phi) is 3.92. The first-order valence-electron chi connectivity index (χ1n) is 7.10. The molecule has 0 aliphatic carbocycles. The molecular weight excluding hydrogens is 284 g/mol. The Morgan fingerprint density at radius 3 is 3.14 bits per heavy atom. The highest BCUT2D eigenvalue weighted by atomic mass is 32.1. The van der Waals surface area contributed by atoms with Gasteiger partial charge in [0.05, 0.1) is 11.2 Å². The predicted octanol–water partition coefficient (Wildman–Crippen LogP) is 3.35. The van der Waals surface area contributed by atoms with Gasteiger partial charge in [0, 0.05) is 23.4 Å². The van der Waals surface area contributed by atoms with Gasteiger partial charge in [0.2, 0.25) is 5.91 Å². The van der Waals surface area contributed by atoms with Crippen LogP contribution in [0.4, 0.5) is 5.69 Å². The molecule has 5 heteroatoms. The molecule has 1 N–H and O–H groups in total. The molecule has 0 saturated carbocycles. The van der Waals surface area contributed by atoms with Crippen LogP contribution in [-0.2, 0) is 17.6 Å². The summed E-state index contributed by atoms with van der Waals surface area (Å²) in [6.45, 7) is 4.03. The molecule has 3 rings (SSSR count). The number of carbonyl (C=O) groups excluding carboxylic acids is 1. The Hall–Kier alpha value is -1.88. The number of hydrogen-bond donors (Lipinski definition) is 1. The third-order valence-electron chi connectivity index (χ3n) is 3.60. The van der Waals surface area contributed by atoms with Crippen LogP contribution in [0.1, 0.15) is 29.5 Å². The van der Waals surface area contributed by atoms with E-state index < -0.39 is 0 Å². The van der Waals surface area contributed by atoms with Crippen LogP contribution in [0.2, 0.25) is 0 Å². The lowest BCUT2D eigenvalue weighted by Gasteiger charge is -2.07. The van der Waals surface area contributed by atoms with Crippen LogP contribution in [0.25, 0.3) is 0 Å². The van der Waals surface area contributed by atoms with Gasteiger partial charge in [-0.1, -0.05) is 0 Å². The van der Waals surface area contributed by atoms with Crippen LogP contribution in [0.5, 0.6) is 5.75 Å². The SMILES string of the molecule is Cc1ncsc1CCC(=O)Nc1ccc2c(c1)C[C@H](C)O2. The number of ether oxygens (including phenoxy) is 1. The van der Waals surface area contributed by atoms with Crippen molar-refractivity contribution in [2.24, 2.45) is 0 Å². The first-order valence-corrected chi connectivity index (χ1v) is 7.98. The van der Waals surface area contributed by atoms with E-state index >= 15 is 0 Å². The second-order valence-electron chi connectivity index (χ2n) is 5.36. The summed E-state index contributed by atoms with van der Waals surface area (Å²) in [4.78, 5) is 17.4. The third kappa shape index (κ3) is 3.24. The highest BCUT2D eigenvalue weighted by molar-refractivity contribution is 7.09. The molecule has 4 nitrogen and oxygen atoms in total. The molecule has 1 aliphatic heterocycles. The summed E-state index contributed by atoms with van der Waals surface area (Å²) < 4.78 is 5.66. The number of anilines is 1. The number of nitrogens with zero attached hydrogens (tertiary/aromatic N) is 1. The molecule has 2 aromatic rings. The number of carbonyl (C=O) groups is 1. The molecular formula is C16H18N2O2S. The normalized spacial score (nSPS) is 16.4. The lowest BCUT2D eigenvalue weighted by molar-refractivity contribution is -0.116. The molecule has 2 heterocycles. The van der Waals surface area contributed by atoms with Gasteiger partial charge < -0.3 is 10.1 Å². The molecule has 21 heavy (non-hydrogen) atoms. The van der Waals surface area contributed by atoms with Crippen molar-refractivity contribution in [3.63, 3.8) is 0 Å². The van der Waals surface area contributed by atoms with Gasteiger partial charge in [-0.3, -0.25) is 4.79 Å². The maximum atomic E-state index is 12.0. The van der Waals surface area contributed by atoms with Crippen molar-refractivity contribution >= 4 is 22.9 Å². The fraction of sp³-hybridized carbons (Fsp3) is 0.375. The fourth-order valence-corrected chi connectivity index (χ4v) is 3.30. The van der Waals surface area contributed by atoms with Gasteiger partial charge in [-0.15, -0.1) is 11.3 Å². The van der Waals surface area contributed by atoms with Gasteiger partial charge in [0.1, 0.15) is 11.9 Å². The topological polar surface area (TPSA) is 51.2 Å². The highest BCUT2D eigenvalue weighted by Gasteiger charge is 2.19. The standard InChI is InChI=1S/C16H18N2O2S/c1-10-7-12-8-13(3-4-14(12)20-10)18-16(19)6-5-15-11(2)17-9-21-15/h3-4,8-10H,5-7H2,1-2H3,(H,18,19)/t10-/m0/s1. The fourth-order valence-electron chi connectivity index (χ4n) is 2.52. The number of aryl methyl sites for hydroxylation is 2. The molecule has 0 unspecified atom stereocenters. The molecule has 0 radical (unpaired) electrons. The van der Waals surface area contributed by atoms with Crippen LogP contribution >= 0.6 is 11.3 Å². The highest BCUT2D eigenvalue weighted by Crippen LogP contribution is 2.31. The number of aromatic nitrogens is 1. The minimum absolute atomic E-state index is 0.0368. The number of thiazole rings is 1. The van der Waals surface area contributed by atoms with Crippen LogP contribution < -0.4 is 10.1 Å². The molecule has 1 aromatic heterocycles. The molecule has 0 saturated heterocycles. The number of fused-ring (bicyclic) bond motifs is 1. The van der Waals surface area contributed by atoms with E-state index in [-0.39, 0.29) is 12.0 Å². The van der Waals surface area contributed by atoms with Crippen molar-refractivity contribution in [1.29, 1.82) is 0 Å². The molecule has 0 spiro atoms. The number of benzene rings is 1. The monoisotopic (exact) mass is 302 g/mol. The van der Waals surface area contributed by atoms with Gasteiger partial charge in [-0.25, -0.2) is 4.98 Å². The zero-order valence-corrected chi connectivity index (χ0v) is 13.0. The largest absolute Gasteiger partial charge is 0.490 e. The molecule has 1 aromatic carbocycles. The number of nitrogens with one attached hydrogen (secondary N) is 1. The van der Waals surface area contributed by atoms with E-state index in [1.807, 2.05) is 30.6 Å². The summed E-state index contributed by atoms with van der Waals surface area (Å²) in [5.41, 5.74) is 4.86. The van der Waals surface area contributed by atoms with E-state index in [1.165, 1.54) is 10.4 Å². The number of rotatable bonds is 4. The van der Waals surface area contributed by atoms with Gasteiger partial charge >= 0.3 is 0 Å². The second kappa shape index (κ2) is 5.85. The van der Waals surface area contributed by atoms with Crippen molar-refractivity contribution in [3.05, 3.63) is 39.8 Å². The van der Waals surface area contributed by atoms with E-state index in [0.29, 0.717) is 6.42 Å². The van der Waals surface area contributed by atoms with Crippen molar-refractivity contribution < 1.29 is 9.53 Å². The summed E-state index contributed by atoms with van der Waals surface area (Å²) in [6.07, 6.45) is 2.35. The summed E-state index contributed by atoms with van der Waals surface area (Å²) in [7, 11) is 0. The predicted molar refractivity (Wildman–Crippen MR) is 84.0 cm³/mol. The number of amides is 1. The van der Waals surface area contributed by atoms with Gasteiger partial charge in [-0.05, 0) is 44.0 Å². The summed E-state index contributed by atoms with van der Waals surface area (Å²) >= 11 is 1.61. The molecule has 1 aliphatic rings. The van der Waals surface area contributed by atoms with Crippen LogP contribution in [0.15, 0.2) is 23.7 Å². The van der Waals surface area contributed by atoms with Crippen molar-refractivity contribution in [2.75, 3.05) is 5.32 Å². The second-order valence-corrected chi connectivity index (χ2v) is 6.30. The quantitative estimate of drug-likeness (QED) is 0.942. The molecule has 1 amide bonds. The van der Waals surface area contributed by atoms with Crippen LogP contribution in [0.3, 0.4) is 0 Å². The average molecular weight is 302 g/mol. The Morgan fingerprint density at radius 2 is 2.38 bits per heavy atom. The number of hydrogen-bond acceptors (Lipinski definition) is 4. The minimum atomic E-state index is 0.0368. The first-order chi connectivity index (χ1) is 10.1. The van der Waals surface area contributed by atoms with Gasteiger partial charge in [0.15, 0.2) is 0 Å². The van der Waals surface area contributed by atoms with E-state index in [2.05, 4.69) is 17.2 Å². The summed E-state index contributed by atoms with van der Waals surface area (Å²) in [6, 6.07) is 5.84. The zero-order valence-electron chi connectivity index (χ0n) is 12.2. The van der Waals surface area contributed by atoms with E-state index in [9.17, 15) is 4.79 Å². The summed E-state index contributed by atoms with van der Waals surface area (Å²) in [5, 5.41) is 2.96. The van der Waals surface area contributed by atoms with E-state index in [0.717, 1.165) is 30.0 Å². The van der Waals surface area contributed by atoms with Crippen molar-refractivity contribution in [1.82, 2.24) is 4.98 Å². The van der Waals surface area contributed by atoms with Crippen molar-refractivity contribution in [3.8, 4) is 5.75 Å².